The molecule has 11 nitrogen and oxygen atoms in total. The lowest BCUT2D eigenvalue weighted by atomic mass is 9.80. The molecule has 12 heteroatoms. The van der Waals surface area contributed by atoms with E-state index in [9.17, 15) is 0 Å². The van der Waals surface area contributed by atoms with Crippen LogP contribution in [0, 0.1) is 6.57 Å². The van der Waals surface area contributed by atoms with E-state index in [0.717, 1.165) is 52.5 Å². The Morgan fingerprint density at radius 3 is 1.96 bits per heavy atom. The molecule has 1 aliphatic carbocycles. The normalized spacial score (nSPS) is 13.9. The molecule has 6 rings (SSSR count). The molecular formula is C41H49N6O5P. The van der Waals surface area contributed by atoms with Gasteiger partial charge in [0.2, 0.25) is 6.54 Å². The van der Waals surface area contributed by atoms with Crippen molar-refractivity contribution < 1.29 is 23.3 Å². The molecule has 278 valence electrons. The van der Waals surface area contributed by atoms with E-state index < -0.39 is 14.1 Å². The van der Waals surface area contributed by atoms with Gasteiger partial charge in [-0.05, 0) is 81.5 Å². The van der Waals surface area contributed by atoms with Crippen molar-refractivity contribution in [3.8, 4) is 11.5 Å². The smallest absolute Gasteiger partial charge is 0.259 e. The Morgan fingerprint density at radius 2 is 1.42 bits per heavy atom. The van der Waals surface area contributed by atoms with Crippen LogP contribution < -0.4 is 9.47 Å². The fraction of sp³-hybridized carbons (Fsp3) is 0.415. The lowest BCUT2D eigenvalue weighted by Crippen LogP contribution is -2.34. The molecule has 1 atom stereocenters. The van der Waals surface area contributed by atoms with E-state index in [1.807, 2.05) is 72.9 Å². The summed E-state index contributed by atoms with van der Waals surface area (Å²) in [4.78, 5) is 18.3. The van der Waals surface area contributed by atoms with Gasteiger partial charge in [-0.3, -0.25) is 0 Å². The SMILES string of the molecule is [C-]#[N+]CCOP(OCCn1c(COC(c2ccccc2)(c2ccc(OC)cc2)c2ccc(OC)cc2)nc2cnc(C3CC3)nc21)N(C(C)C)C(C)C. The topological polar surface area (TPSA) is 97.4 Å². The molecule has 1 saturated carbocycles. The molecule has 0 N–H and O–H groups in total. The summed E-state index contributed by atoms with van der Waals surface area (Å²) in [6.45, 7) is 17.4. The van der Waals surface area contributed by atoms with E-state index in [2.05, 4.69) is 58.9 Å². The van der Waals surface area contributed by atoms with E-state index in [4.69, 9.17) is 39.8 Å². The van der Waals surface area contributed by atoms with Crippen LogP contribution in [0.4, 0.5) is 0 Å². The molecule has 0 bridgehead atoms. The Labute approximate surface area is 314 Å². The van der Waals surface area contributed by atoms with Crippen LogP contribution >= 0.6 is 8.53 Å². The number of aromatic nitrogens is 4. The molecule has 3 aromatic carbocycles. The average Bonchev–Trinajstić information content (AvgIpc) is 3.97. The highest BCUT2D eigenvalue weighted by Gasteiger charge is 2.39. The van der Waals surface area contributed by atoms with Crippen molar-refractivity contribution in [2.24, 2.45) is 0 Å². The second-order valence-electron chi connectivity index (χ2n) is 13.5. The van der Waals surface area contributed by atoms with E-state index in [0.29, 0.717) is 37.0 Å². The van der Waals surface area contributed by atoms with Crippen molar-refractivity contribution in [2.45, 2.75) is 77.3 Å². The van der Waals surface area contributed by atoms with Gasteiger partial charge in [0, 0.05) is 24.5 Å². The number of hydrogen-bond acceptors (Lipinski definition) is 9. The number of nitrogens with zero attached hydrogens (tertiary/aromatic N) is 6. The van der Waals surface area contributed by atoms with E-state index in [1.54, 1.807) is 14.2 Å². The first-order valence-corrected chi connectivity index (χ1v) is 19.3. The van der Waals surface area contributed by atoms with Gasteiger partial charge in [-0.2, -0.15) is 0 Å². The molecule has 1 unspecified atom stereocenters. The van der Waals surface area contributed by atoms with Gasteiger partial charge in [0.15, 0.2) is 5.65 Å². The second kappa shape index (κ2) is 17.6. The fourth-order valence-corrected chi connectivity index (χ4v) is 8.20. The second-order valence-corrected chi connectivity index (χ2v) is 15.0. The largest absolute Gasteiger partial charge is 0.497 e. The van der Waals surface area contributed by atoms with Crippen LogP contribution in [0.3, 0.4) is 0 Å². The maximum atomic E-state index is 7.26. The number of benzene rings is 3. The van der Waals surface area contributed by atoms with Crippen molar-refractivity contribution in [1.29, 1.82) is 0 Å². The van der Waals surface area contributed by atoms with Gasteiger partial charge in [-0.25, -0.2) is 26.2 Å². The van der Waals surface area contributed by atoms with Crippen molar-refractivity contribution in [3.05, 3.63) is 125 Å². The molecule has 2 heterocycles. The molecule has 53 heavy (non-hydrogen) atoms. The summed E-state index contributed by atoms with van der Waals surface area (Å²) in [7, 11) is 1.92. The Hall–Kier alpha value is -4.43. The zero-order chi connectivity index (χ0) is 37.4. The number of rotatable bonds is 19. The van der Waals surface area contributed by atoms with Crippen LogP contribution in [0.2, 0.25) is 0 Å². The first-order chi connectivity index (χ1) is 25.8. The summed E-state index contributed by atoms with van der Waals surface area (Å²) in [6, 6.07) is 26.6. The maximum Gasteiger partial charge on any atom is 0.259 e. The van der Waals surface area contributed by atoms with E-state index >= 15 is 0 Å². The summed E-state index contributed by atoms with van der Waals surface area (Å²) < 4.78 is 35.4. The molecule has 1 aliphatic rings. The van der Waals surface area contributed by atoms with Crippen molar-refractivity contribution in [2.75, 3.05) is 34.0 Å². The number of methoxy groups -OCH3 is 2. The Kier molecular flexibility index (Phi) is 12.7. The van der Waals surface area contributed by atoms with Crippen LogP contribution in [0.5, 0.6) is 11.5 Å². The Balaban J connectivity index is 1.39. The van der Waals surface area contributed by atoms with Crippen LogP contribution in [0.1, 0.15) is 74.8 Å². The lowest BCUT2D eigenvalue weighted by molar-refractivity contribution is -0.00456. The van der Waals surface area contributed by atoms with E-state index in [-0.39, 0.29) is 25.2 Å². The molecule has 5 aromatic rings. The maximum absolute atomic E-state index is 7.26. The zero-order valence-corrected chi connectivity index (χ0v) is 32.3. The van der Waals surface area contributed by atoms with Crippen molar-refractivity contribution in [3.63, 3.8) is 0 Å². The summed E-state index contributed by atoms with van der Waals surface area (Å²) in [5.41, 5.74) is 3.26. The average molecular weight is 737 g/mol. The van der Waals surface area contributed by atoms with Gasteiger partial charge >= 0.3 is 0 Å². The minimum atomic E-state index is -1.41. The third-order valence-corrected chi connectivity index (χ3v) is 11.4. The van der Waals surface area contributed by atoms with Crippen LogP contribution in [-0.2, 0) is 32.5 Å². The molecule has 1 fully saturated rings. The predicted octanol–water partition coefficient (Wildman–Crippen LogP) is 8.53. The molecule has 0 aliphatic heterocycles. The van der Waals surface area contributed by atoms with Gasteiger partial charge in [0.25, 0.3) is 8.53 Å². The molecule has 0 saturated heterocycles. The van der Waals surface area contributed by atoms with Gasteiger partial charge in [0.05, 0.1) is 27.0 Å². The number of hydrogen-bond donors (Lipinski definition) is 0. The number of imidazole rings is 1. The third kappa shape index (κ3) is 8.70. The molecule has 0 spiro atoms. The lowest BCUT2D eigenvalue weighted by Gasteiger charge is -2.36. The standard InChI is InChI=1S/C41H49N6O5P/c1-29(2)47(30(3)4)53(51-25-23-42-5)52-26-24-46-38(44-37-27-43-39(31-13-14-31)45-40(37)46)28-50-41(32-11-9-8-10-12-32,33-15-19-35(48-6)20-16-33)34-17-21-36(49-7)22-18-34/h8-12,15-22,27,29-31H,13-14,23-26,28H2,1-4,6-7H3. The third-order valence-electron chi connectivity index (χ3n) is 9.29. The summed E-state index contributed by atoms with van der Waals surface area (Å²) in [5.74, 6) is 3.44. The quantitative estimate of drug-likeness (QED) is 0.0358. The Bertz CT molecular complexity index is 1900. The minimum Gasteiger partial charge on any atom is -0.497 e. The first-order valence-electron chi connectivity index (χ1n) is 18.2. The summed E-state index contributed by atoms with van der Waals surface area (Å²) >= 11 is 0. The molecule has 0 amide bonds. The number of fused-ring (bicyclic) bond motifs is 1. The summed E-state index contributed by atoms with van der Waals surface area (Å²) in [6.07, 6.45) is 4.01. The van der Waals surface area contributed by atoms with Gasteiger partial charge < -0.3 is 32.7 Å². The highest BCUT2D eigenvalue weighted by molar-refractivity contribution is 7.44. The van der Waals surface area contributed by atoms with Gasteiger partial charge in [0.1, 0.15) is 47.5 Å². The highest BCUT2D eigenvalue weighted by Crippen LogP contribution is 2.46. The molecular weight excluding hydrogens is 687 g/mol. The molecule has 0 radical (unpaired) electrons. The van der Waals surface area contributed by atoms with E-state index in [1.165, 1.54) is 0 Å². The van der Waals surface area contributed by atoms with Crippen LogP contribution in [0.25, 0.3) is 16.0 Å². The first kappa shape index (κ1) is 38.3. The fourth-order valence-electron chi connectivity index (χ4n) is 6.63. The monoisotopic (exact) mass is 736 g/mol. The predicted molar refractivity (Wildman–Crippen MR) is 207 cm³/mol. The Morgan fingerprint density at radius 1 is 0.830 bits per heavy atom. The van der Waals surface area contributed by atoms with Crippen molar-refractivity contribution in [1.82, 2.24) is 24.2 Å². The van der Waals surface area contributed by atoms with Crippen molar-refractivity contribution >= 4 is 19.7 Å². The number of ether oxygens (including phenoxy) is 3. The van der Waals surface area contributed by atoms with Gasteiger partial charge in [-0.15, -0.1) is 0 Å². The highest BCUT2D eigenvalue weighted by atomic mass is 31.2. The van der Waals surface area contributed by atoms with Crippen LogP contribution in [-0.4, -0.2) is 70.3 Å². The molecule has 2 aromatic heterocycles. The zero-order valence-electron chi connectivity index (χ0n) is 31.4. The summed E-state index contributed by atoms with van der Waals surface area (Å²) in [5, 5.41) is 0. The minimum absolute atomic E-state index is 0.155. The van der Waals surface area contributed by atoms with Gasteiger partial charge in [-0.1, -0.05) is 54.6 Å². The van der Waals surface area contributed by atoms with Crippen LogP contribution in [0.15, 0.2) is 85.1 Å².